The van der Waals surface area contributed by atoms with E-state index in [1.54, 1.807) is 24.3 Å². The van der Waals surface area contributed by atoms with Crippen molar-refractivity contribution in [1.82, 2.24) is 25.7 Å². The number of carboxylic acid groups (broad SMARTS) is 1. The van der Waals surface area contributed by atoms with Gasteiger partial charge in [-0.15, -0.1) is 20.4 Å². The highest BCUT2D eigenvalue weighted by Gasteiger charge is 2.42. The first kappa shape index (κ1) is 62.8. The lowest BCUT2D eigenvalue weighted by atomic mass is 9.87. The molecule has 0 saturated carbocycles. The van der Waals surface area contributed by atoms with Gasteiger partial charge >= 0.3 is 18.3 Å². The molecule has 4 N–H and O–H groups in total. The molecular formula is C68H70F6N10O5. The van der Waals surface area contributed by atoms with Crippen LogP contribution in [-0.4, -0.2) is 101 Å². The van der Waals surface area contributed by atoms with Crippen LogP contribution in [0.3, 0.4) is 0 Å². The molecule has 1 amide bonds. The Bertz CT molecular complexity index is 3610. The second-order valence-electron chi connectivity index (χ2n) is 22.6. The molecule has 2 fully saturated rings. The number of rotatable bonds is 13. The highest BCUT2D eigenvalue weighted by atomic mass is 19.4. The van der Waals surface area contributed by atoms with Gasteiger partial charge in [0.2, 0.25) is 0 Å². The van der Waals surface area contributed by atoms with Crippen molar-refractivity contribution in [2.24, 2.45) is 5.73 Å². The maximum absolute atomic E-state index is 13.3. The number of anilines is 4. The summed E-state index contributed by atoms with van der Waals surface area (Å²) in [6.45, 7) is 5.98. The number of nitrogens with one attached hydrogen (secondary N) is 1. The van der Waals surface area contributed by atoms with Gasteiger partial charge in [0, 0.05) is 97.4 Å². The first-order valence-electron chi connectivity index (χ1n) is 29.8. The molecule has 0 radical (unpaired) electrons. The van der Waals surface area contributed by atoms with Crippen LogP contribution in [0.4, 0.5) is 49.4 Å². The highest BCUT2D eigenvalue weighted by Crippen LogP contribution is 2.44. The van der Waals surface area contributed by atoms with Crippen molar-refractivity contribution in [2.45, 2.75) is 88.0 Å². The maximum atomic E-state index is 13.3. The standard InChI is InChI=1S/C34H34F3N5O2.C26H25F3N4O3.C8H11N/c35-34(36,37)27-10-6-9-26(23-27)24-42-22-18-33(44-30-12-5-4-11-29(30)42)16-20-41(21-17-33)31-14-13-28(39-40-31)32(43)38-19-15-25-7-2-1-3-8-25;27-26(28,29)19-5-3-4-18(16-19)17-33-15-12-25(36-22-7-2-1-6-21(22)33)10-13-32(14-11-25)23-9-8-20(24(34)35)30-31-23;9-7-6-8-4-2-1-3-5-8/h1-14,23H,15-22,24H2,(H,38,43);1-9,16H,10-15,17H2,(H,34,35);1-5H,6-7,9H2. The largest absolute Gasteiger partial charge is 0.485 e. The van der Waals surface area contributed by atoms with E-state index < -0.39 is 40.7 Å². The number of carboxylic acids is 1. The number of carbonyl (C=O) groups is 2. The number of aromatic carboxylic acids is 1. The average molecular weight is 1220 g/mol. The predicted octanol–water partition coefficient (Wildman–Crippen LogP) is 12.5. The molecule has 2 saturated heterocycles. The normalized spacial score (nSPS) is 15.9. The number of nitrogens with two attached hydrogens (primary N) is 1. The first-order valence-corrected chi connectivity index (χ1v) is 29.8. The molecule has 0 unspecified atom stereocenters. The number of piperidine rings is 2. The van der Waals surface area contributed by atoms with E-state index in [0.29, 0.717) is 81.7 Å². The Morgan fingerprint density at radius 1 is 0.483 bits per heavy atom. The summed E-state index contributed by atoms with van der Waals surface area (Å²) in [6, 6.07) is 53.2. The molecule has 4 aliphatic rings. The zero-order valence-electron chi connectivity index (χ0n) is 49.1. The number of halogens is 6. The van der Waals surface area contributed by atoms with Crippen LogP contribution < -0.4 is 40.1 Å². The topological polar surface area (TPSA) is 175 Å². The van der Waals surface area contributed by atoms with E-state index >= 15 is 0 Å². The number of benzene rings is 6. The molecule has 89 heavy (non-hydrogen) atoms. The predicted molar refractivity (Wildman–Crippen MR) is 329 cm³/mol. The molecule has 0 bridgehead atoms. The number of hydrogen-bond donors (Lipinski definition) is 3. The summed E-state index contributed by atoms with van der Waals surface area (Å²) in [5.74, 6) is 1.43. The number of ether oxygens (including phenoxy) is 2. The van der Waals surface area contributed by atoms with E-state index in [4.69, 9.17) is 20.3 Å². The van der Waals surface area contributed by atoms with E-state index in [2.05, 4.69) is 57.4 Å². The van der Waals surface area contributed by atoms with Crippen molar-refractivity contribution >= 4 is 34.9 Å². The summed E-state index contributed by atoms with van der Waals surface area (Å²) in [7, 11) is 0. The Hall–Kier alpha value is -9.24. The van der Waals surface area contributed by atoms with Crippen LogP contribution in [0.15, 0.2) is 182 Å². The Morgan fingerprint density at radius 2 is 0.888 bits per heavy atom. The lowest BCUT2D eigenvalue weighted by Crippen LogP contribution is -2.49. The molecule has 0 atom stereocenters. The summed E-state index contributed by atoms with van der Waals surface area (Å²) < 4.78 is 93.0. The molecule has 0 aliphatic carbocycles. The summed E-state index contributed by atoms with van der Waals surface area (Å²) in [5, 5.41) is 28.3. The smallest absolute Gasteiger partial charge is 0.416 e. The average Bonchev–Trinajstić information content (AvgIpc) is 2.83. The second kappa shape index (κ2) is 28.3. The molecule has 2 spiro atoms. The Kier molecular flexibility index (Phi) is 20.0. The molecule has 4 aliphatic heterocycles. The van der Waals surface area contributed by atoms with Crippen LogP contribution in [0.2, 0.25) is 0 Å². The van der Waals surface area contributed by atoms with E-state index in [1.165, 1.54) is 35.9 Å². The van der Waals surface area contributed by atoms with E-state index in [0.717, 1.165) is 98.5 Å². The lowest BCUT2D eigenvalue weighted by Gasteiger charge is -2.41. The molecular weight excluding hydrogens is 1150 g/mol. The minimum atomic E-state index is -4.38. The highest BCUT2D eigenvalue weighted by molar-refractivity contribution is 5.92. The summed E-state index contributed by atoms with van der Waals surface area (Å²) in [5.41, 5.74) is 8.85. The van der Waals surface area contributed by atoms with Gasteiger partial charge in [0.15, 0.2) is 23.0 Å². The fourth-order valence-electron chi connectivity index (χ4n) is 11.6. The van der Waals surface area contributed by atoms with Crippen LogP contribution in [-0.2, 0) is 38.3 Å². The quantitative estimate of drug-likeness (QED) is 0.0930. The molecule has 12 rings (SSSR count). The van der Waals surface area contributed by atoms with Gasteiger partial charge in [0.1, 0.15) is 22.7 Å². The third-order valence-corrected chi connectivity index (χ3v) is 16.6. The molecule has 15 nitrogen and oxygen atoms in total. The summed E-state index contributed by atoms with van der Waals surface area (Å²) >= 11 is 0. The van der Waals surface area contributed by atoms with Gasteiger partial charge in [0.25, 0.3) is 5.91 Å². The molecule has 6 aromatic carbocycles. The fourth-order valence-corrected chi connectivity index (χ4v) is 11.6. The minimum Gasteiger partial charge on any atom is -0.485 e. The van der Waals surface area contributed by atoms with Crippen molar-refractivity contribution in [3.05, 3.63) is 227 Å². The molecule has 8 aromatic rings. The third kappa shape index (κ3) is 16.5. The van der Waals surface area contributed by atoms with Crippen molar-refractivity contribution < 1.29 is 50.5 Å². The molecule has 21 heteroatoms. The molecule has 2 aromatic heterocycles. The Morgan fingerprint density at radius 3 is 1.30 bits per heavy atom. The first-order chi connectivity index (χ1) is 42.9. The SMILES string of the molecule is NCCc1ccccc1.O=C(NCCc1ccccc1)c1ccc(N2CCC3(CC2)CCN(Cc2cccc(C(F)(F)F)c2)c2ccccc2O3)nn1.O=C(O)c1ccc(N2CCC3(CC2)CCN(Cc2cccc(C(F)(F)F)c2)c2ccccc2O3)nn1. The van der Waals surface area contributed by atoms with Crippen molar-refractivity contribution in [2.75, 3.05) is 72.0 Å². The lowest BCUT2D eigenvalue weighted by molar-refractivity contribution is -0.138. The third-order valence-electron chi connectivity index (χ3n) is 16.6. The van der Waals surface area contributed by atoms with Crippen LogP contribution in [0.25, 0.3) is 0 Å². The Labute approximate surface area is 513 Å². The minimum absolute atomic E-state index is 0.100. The monoisotopic (exact) mass is 1220 g/mol. The Balaban J connectivity index is 0.000000174. The van der Waals surface area contributed by atoms with Crippen LogP contribution >= 0.6 is 0 Å². The maximum Gasteiger partial charge on any atom is 0.416 e. The number of alkyl halides is 6. The number of para-hydroxylation sites is 4. The molecule has 6 heterocycles. The van der Waals surface area contributed by atoms with Crippen molar-refractivity contribution in [3.63, 3.8) is 0 Å². The number of amides is 1. The summed E-state index contributed by atoms with van der Waals surface area (Å²) in [4.78, 5) is 32.0. The van der Waals surface area contributed by atoms with Gasteiger partial charge in [-0.05, 0) is 114 Å². The van der Waals surface area contributed by atoms with Gasteiger partial charge in [-0.2, -0.15) is 26.3 Å². The van der Waals surface area contributed by atoms with Gasteiger partial charge in [-0.3, -0.25) is 4.79 Å². The van der Waals surface area contributed by atoms with E-state index in [-0.39, 0.29) is 17.3 Å². The second-order valence-corrected chi connectivity index (χ2v) is 22.6. The van der Waals surface area contributed by atoms with Crippen LogP contribution in [0.5, 0.6) is 11.5 Å². The van der Waals surface area contributed by atoms with E-state index in [9.17, 15) is 35.9 Å². The number of nitrogens with zero attached hydrogens (tertiary/aromatic N) is 8. The molecule has 464 valence electrons. The zero-order chi connectivity index (χ0) is 62.4. The van der Waals surface area contributed by atoms with Gasteiger partial charge in [-0.1, -0.05) is 109 Å². The zero-order valence-corrected chi connectivity index (χ0v) is 49.1. The van der Waals surface area contributed by atoms with Gasteiger partial charge < -0.3 is 45.2 Å². The van der Waals surface area contributed by atoms with Crippen molar-refractivity contribution in [1.29, 1.82) is 0 Å². The van der Waals surface area contributed by atoms with Crippen LogP contribution in [0.1, 0.15) is 92.9 Å². The summed E-state index contributed by atoms with van der Waals surface area (Å²) in [6.07, 6.45) is -2.63. The fraction of sp³-hybridized carbons (Fsp3) is 0.324. The number of carbonyl (C=O) groups excluding carboxylic acids is 1. The van der Waals surface area contributed by atoms with Crippen LogP contribution in [0, 0.1) is 0 Å². The van der Waals surface area contributed by atoms with E-state index in [1.807, 2.05) is 103 Å². The van der Waals surface area contributed by atoms with Crippen molar-refractivity contribution in [3.8, 4) is 11.5 Å². The number of hydrogen-bond acceptors (Lipinski definition) is 13. The van der Waals surface area contributed by atoms with Gasteiger partial charge in [0.05, 0.1) is 22.5 Å². The number of aromatic nitrogens is 4. The number of fused-ring (bicyclic) bond motifs is 2. The van der Waals surface area contributed by atoms with Gasteiger partial charge in [-0.25, -0.2) is 4.79 Å².